The number of nitrogens with one attached hydrogen (secondary N) is 1. The number of benzene rings is 1. The topological polar surface area (TPSA) is 72.1 Å². The SMILES string of the molecule is CCOC(=O)c1[nH]nc(C(C)=O)c1-c1ccc(C(F)(F)F)cc1. The quantitative estimate of drug-likeness (QED) is 0.690. The number of ketones is 1. The predicted molar refractivity (Wildman–Crippen MR) is 75.0 cm³/mol. The molecule has 0 radical (unpaired) electrons. The molecule has 122 valence electrons. The first kappa shape index (κ1) is 16.7. The molecule has 0 fully saturated rings. The van der Waals surface area contributed by atoms with Crippen molar-refractivity contribution in [2.24, 2.45) is 0 Å². The maximum absolute atomic E-state index is 12.6. The van der Waals surface area contributed by atoms with Crippen molar-refractivity contribution in [3.63, 3.8) is 0 Å². The molecular weight excluding hydrogens is 313 g/mol. The molecule has 0 atom stereocenters. The number of nitrogens with zero attached hydrogens (tertiary/aromatic N) is 1. The number of ether oxygens (including phenoxy) is 1. The Hall–Kier alpha value is -2.64. The van der Waals surface area contributed by atoms with Gasteiger partial charge >= 0.3 is 12.1 Å². The molecule has 0 aliphatic rings. The lowest BCUT2D eigenvalue weighted by Gasteiger charge is -2.08. The third-order valence-electron chi connectivity index (χ3n) is 3.08. The Balaban J connectivity index is 2.54. The summed E-state index contributed by atoms with van der Waals surface area (Å²) in [6.45, 7) is 2.97. The van der Waals surface area contributed by atoms with Crippen LogP contribution in [0, 0.1) is 0 Å². The molecule has 0 bridgehead atoms. The number of H-pyrrole nitrogens is 1. The molecule has 0 aliphatic carbocycles. The molecule has 5 nitrogen and oxygen atoms in total. The summed E-state index contributed by atoms with van der Waals surface area (Å²) in [5.41, 5.74) is -0.541. The van der Waals surface area contributed by atoms with Gasteiger partial charge in [0.15, 0.2) is 11.5 Å². The van der Waals surface area contributed by atoms with Crippen molar-refractivity contribution in [2.75, 3.05) is 6.61 Å². The molecule has 0 spiro atoms. The van der Waals surface area contributed by atoms with Gasteiger partial charge in [-0.1, -0.05) is 12.1 Å². The van der Waals surface area contributed by atoms with E-state index >= 15 is 0 Å². The highest BCUT2D eigenvalue weighted by Gasteiger charge is 2.31. The maximum Gasteiger partial charge on any atom is 0.416 e. The van der Waals surface area contributed by atoms with Gasteiger partial charge in [0.2, 0.25) is 0 Å². The second-order valence-corrected chi connectivity index (χ2v) is 4.67. The van der Waals surface area contributed by atoms with Crippen LogP contribution in [0.25, 0.3) is 11.1 Å². The standard InChI is InChI=1S/C15H13F3N2O3/c1-3-23-14(22)13-11(12(8(2)21)19-20-13)9-4-6-10(7-5-9)15(16,17)18/h4-7H,3H2,1-2H3,(H,19,20). The van der Waals surface area contributed by atoms with Crippen LogP contribution in [0.1, 0.15) is 40.4 Å². The third kappa shape index (κ3) is 3.41. The van der Waals surface area contributed by atoms with Crippen molar-refractivity contribution >= 4 is 11.8 Å². The number of halogens is 3. The first-order valence-electron chi connectivity index (χ1n) is 6.69. The number of aromatic nitrogens is 2. The average Bonchev–Trinajstić information content (AvgIpc) is 2.91. The number of aromatic amines is 1. The molecule has 0 amide bonds. The summed E-state index contributed by atoms with van der Waals surface area (Å²) in [7, 11) is 0. The molecule has 1 aromatic heterocycles. The lowest BCUT2D eigenvalue weighted by atomic mass is 10.00. The van der Waals surface area contributed by atoms with Crippen LogP contribution in [0.3, 0.4) is 0 Å². The zero-order valence-corrected chi connectivity index (χ0v) is 12.3. The lowest BCUT2D eigenvalue weighted by molar-refractivity contribution is -0.137. The summed E-state index contributed by atoms with van der Waals surface area (Å²) >= 11 is 0. The van der Waals surface area contributed by atoms with Gasteiger partial charge in [-0.3, -0.25) is 9.89 Å². The van der Waals surface area contributed by atoms with Crippen molar-refractivity contribution in [2.45, 2.75) is 20.0 Å². The van der Waals surface area contributed by atoms with Crippen molar-refractivity contribution in [3.05, 3.63) is 41.2 Å². The van der Waals surface area contributed by atoms with Gasteiger partial charge in [0, 0.05) is 12.5 Å². The fraction of sp³-hybridized carbons (Fsp3) is 0.267. The minimum atomic E-state index is -4.47. The summed E-state index contributed by atoms with van der Waals surface area (Å²) in [5, 5.41) is 6.18. The Morgan fingerprint density at radius 3 is 2.30 bits per heavy atom. The normalized spacial score (nSPS) is 11.3. The highest BCUT2D eigenvalue weighted by molar-refractivity contribution is 6.05. The molecule has 23 heavy (non-hydrogen) atoms. The lowest BCUT2D eigenvalue weighted by Crippen LogP contribution is -2.08. The first-order chi connectivity index (χ1) is 10.8. The smallest absolute Gasteiger partial charge is 0.416 e. The van der Waals surface area contributed by atoms with Crippen molar-refractivity contribution < 1.29 is 27.5 Å². The Labute approximate surface area is 129 Å². The molecule has 2 rings (SSSR count). The molecule has 2 aromatic rings. The second-order valence-electron chi connectivity index (χ2n) is 4.67. The number of Topliss-reactive ketones (excluding diaryl/α,β-unsaturated/α-hetero) is 1. The number of carbonyl (C=O) groups is 2. The largest absolute Gasteiger partial charge is 0.461 e. The van der Waals surface area contributed by atoms with E-state index in [1.54, 1.807) is 6.92 Å². The molecule has 1 heterocycles. The number of carbonyl (C=O) groups excluding carboxylic acids is 2. The van der Waals surface area contributed by atoms with Crippen LogP contribution in [0.15, 0.2) is 24.3 Å². The van der Waals surface area contributed by atoms with Gasteiger partial charge in [-0.2, -0.15) is 18.3 Å². The fourth-order valence-corrected chi connectivity index (χ4v) is 2.05. The highest BCUT2D eigenvalue weighted by Crippen LogP contribution is 2.33. The van der Waals surface area contributed by atoms with Gasteiger partial charge in [-0.15, -0.1) is 0 Å². The Morgan fingerprint density at radius 1 is 1.22 bits per heavy atom. The summed E-state index contributed by atoms with van der Waals surface area (Å²) in [6, 6.07) is 4.12. The molecule has 0 aliphatic heterocycles. The fourth-order valence-electron chi connectivity index (χ4n) is 2.05. The second kappa shape index (κ2) is 6.23. The van der Waals surface area contributed by atoms with Crippen LogP contribution in [0.5, 0.6) is 0 Å². The van der Waals surface area contributed by atoms with Crippen LogP contribution in [0.4, 0.5) is 13.2 Å². The Bertz CT molecular complexity index is 733. The number of hydrogen-bond acceptors (Lipinski definition) is 4. The Morgan fingerprint density at radius 2 is 1.83 bits per heavy atom. The number of alkyl halides is 3. The zero-order valence-electron chi connectivity index (χ0n) is 12.3. The molecule has 1 aromatic carbocycles. The number of esters is 1. The van der Waals surface area contributed by atoms with E-state index in [2.05, 4.69) is 10.2 Å². The Kier molecular flexibility index (Phi) is 4.53. The molecule has 0 unspecified atom stereocenters. The van der Waals surface area contributed by atoms with Crippen molar-refractivity contribution in [1.29, 1.82) is 0 Å². The molecule has 0 saturated carbocycles. The third-order valence-corrected chi connectivity index (χ3v) is 3.08. The van der Waals surface area contributed by atoms with Crippen LogP contribution >= 0.6 is 0 Å². The van der Waals surface area contributed by atoms with E-state index in [1.807, 2.05) is 0 Å². The molecule has 1 N–H and O–H groups in total. The van der Waals surface area contributed by atoms with Gasteiger partial charge in [0.1, 0.15) is 5.69 Å². The van der Waals surface area contributed by atoms with E-state index < -0.39 is 23.5 Å². The van der Waals surface area contributed by atoms with Gasteiger partial charge < -0.3 is 4.74 Å². The highest BCUT2D eigenvalue weighted by atomic mass is 19.4. The number of hydrogen-bond donors (Lipinski definition) is 1. The number of rotatable bonds is 4. The van der Waals surface area contributed by atoms with Gasteiger partial charge in [-0.05, 0) is 24.6 Å². The monoisotopic (exact) mass is 326 g/mol. The predicted octanol–water partition coefficient (Wildman–Crippen LogP) is 3.47. The van der Waals surface area contributed by atoms with E-state index in [1.165, 1.54) is 19.1 Å². The maximum atomic E-state index is 12.6. The van der Waals surface area contributed by atoms with E-state index in [4.69, 9.17) is 4.74 Å². The van der Waals surface area contributed by atoms with Crippen molar-refractivity contribution in [3.8, 4) is 11.1 Å². The summed E-state index contributed by atoms with van der Waals surface area (Å²) in [5.74, 6) is -1.16. The van der Waals surface area contributed by atoms with Crippen LogP contribution < -0.4 is 0 Å². The van der Waals surface area contributed by atoms with Crippen molar-refractivity contribution in [1.82, 2.24) is 10.2 Å². The van der Waals surface area contributed by atoms with E-state index in [0.29, 0.717) is 0 Å². The van der Waals surface area contributed by atoms with Crippen LogP contribution in [-0.4, -0.2) is 28.6 Å². The van der Waals surface area contributed by atoms with Crippen LogP contribution in [-0.2, 0) is 10.9 Å². The minimum Gasteiger partial charge on any atom is -0.461 e. The van der Waals surface area contributed by atoms with E-state index in [-0.39, 0.29) is 29.1 Å². The van der Waals surface area contributed by atoms with Gasteiger partial charge in [0.05, 0.1) is 12.2 Å². The molecule has 0 saturated heterocycles. The molecular formula is C15H13F3N2O3. The van der Waals surface area contributed by atoms with E-state index in [0.717, 1.165) is 12.1 Å². The van der Waals surface area contributed by atoms with Gasteiger partial charge in [-0.25, -0.2) is 4.79 Å². The first-order valence-corrected chi connectivity index (χ1v) is 6.69. The summed E-state index contributed by atoms with van der Waals surface area (Å²) in [6.07, 6.45) is -4.47. The van der Waals surface area contributed by atoms with Crippen LogP contribution in [0.2, 0.25) is 0 Å². The molecule has 8 heteroatoms. The summed E-state index contributed by atoms with van der Waals surface area (Å²) < 4.78 is 42.8. The van der Waals surface area contributed by atoms with Gasteiger partial charge in [0.25, 0.3) is 0 Å². The minimum absolute atomic E-state index is 0.0344. The average molecular weight is 326 g/mol. The summed E-state index contributed by atoms with van der Waals surface area (Å²) in [4.78, 5) is 23.6. The van der Waals surface area contributed by atoms with E-state index in [9.17, 15) is 22.8 Å². The zero-order chi connectivity index (χ0) is 17.2.